The second-order valence-corrected chi connectivity index (χ2v) is 10.5. The number of carbonyl (C=O) groups is 2. The molecule has 0 aromatic heterocycles. The predicted octanol–water partition coefficient (Wildman–Crippen LogP) is 2.62. The summed E-state index contributed by atoms with van der Waals surface area (Å²) in [5, 5.41) is 2.76. The van der Waals surface area contributed by atoms with E-state index in [4.69, 9.17) is 4.74 Å². The van der Waals surface area contributed by atoms with Crippen LogP contribution >= 0.6 is 0 Å². The van der Waals surface area contributed by atoms with Gasteiger partial charge in [0.1, 0.15) is 12.4 Å². The van der Waals surface area contributed by atoms with Gasteiger partial charge in [-0.1, -0.05) is 44.2 Å². The summed E-state index contributed by atoms with van der Waals surface area (Å²) in [5.41, 5.74) is 1.24. The van der Waals surface area contributed by atoms with E-state index >= 15 is 0 Å². The van der Waals surface area contributed by atoms with Crippen molar-refractivity contribution in [3.63, 3.8) is 0 Å². The maximum atomic E-state index is 12.7. The normalized spacial score (nSPS) is 14.7. The fourth-order valence-corrected chi connectivity index (χ4v) is 5.14. The lowest BCUT2D eigenvalue weighted by Crippen LogP contribution is -2.50. The van der Waals surface area contributed by atoms with Gasteiger partial charge in [0.05, 0.1) is 11.4 Å². The predicted molar refractivity (Wildman–Crippen MR) is 130 cm³/mol. The smallest absolute Gasteiger partial charge is 0.243 e. The summed E-state index contributed by atoms with van der Waals surface area (Å²) in [4.78, 5) is 26.4. The average molecular weight is 488 g/mol. The zero-order valence-electron chi connectivity index (χ0n) is 19.8. The van der Waals surface area contributed by atoms with Crippen LogP contribution in [0.1, 0.15) is 38.2 Å². The van der Waals surface area contributed by atoms with Crippen LogP contribution < -0.4 is 10.1 Å². The highest BCUT2D eigenvalue weighted by Crippen LogP contribution is 2.19. The largest absolute Gasteiger partial charge is 0.492 e. The monoisotopic (exact) mass is 487 g/mol. The lowest BCUT2D eigenvalue weighted by molar-refractivity contribution is -0.134. The van der Waals surface area contributed by atoms with E-state index in [2.05, 4.69) is 19.2 Å². The quantitative estimate of drug-likeness (QED) is 0.520. The summed E-state index contributed by atoms with van der Waals surface area (Å²) in [6.07, 6.45) is 0.180. The van der Waals surface area contributed by atoms with E-state index in [0.29, 0.717) is 32.2 Å². The molecule has 2 aromatic rings. The van der Waals surface area contributed by atoms with Crippen molar-refractivity contribution in [2.75, 3.05) is 39.3 Å². The van der Waals surface area contributed by atoms with Gasteiger partial charge in [-0.2, -0.15) is 4.31 Å². The third-order valence-electron chi connectivity index (χ3n) is 5.78. The summed E-state index contributed by atoms with van der Waals surface area (Å²) >= 11 is 0. The molecule has 0 spiro atoms. The van der Waals surface area contributed by atoms with Gasteiger partial charge >= 0.3 is 0 Å². The van der Waals surface area contributed by atoms with Crippen LogP contribution in [0.25, 0.3) is 0 Å². The second kappa shape index (κ2) is 12.0. The number of carbonyl (C=O) groups excluding carboxylic acids is 2. The van der Waals surface area contributed by atoms with Crippen LogP contribution in [0.3, 0.4) is 0 Å². The van der Waals surface area contributed by atoms with Crippen molar-refractivity contribution in [3.05, 3.63) is 60.2 Å². The Bertz CT molecular complexity index is 1050. The summed E-state index contributed by atoms with van der Waals surface area (Å²) in [7, 11) is -3.56. The molecule has 2 aromatic carbocycles. The maximum Gasteiger partial charge on any atom is 0.243 e. The molecule has 0 aliphatic carbocycles. The van der Waals surface area contributed by atoms with E-state index < -0.39 is 10.0 Å². The van der Waals surface area contributed by atoms with Crippen LogP contribution in [-0.4, -0.2) is 68.8 Å². The first-order valence-electron chi connectivity index (χ1n) is 11.6. The van der Waals surface area contributed by atoms with Crippen molar-refractivity contribution < 1.29 is 22.7 Å². The topological polar surface area (TPSA) is 96.0 Å². The van der Waals surface area contributed by atoms with Crippen LogP contribution in [0.4, 0.5) is 0 Å². The van der Waals surface area contributed by atoms with E-state index in [-0.39, 0.29) is 42.6 Å². The first kappa shape index (κ1) is 25.7. The molecule has 1 aliphatic heterocycles. The number of piperazine rings is 1. The standard InChI is InChI=1S/C25H33N3O5S/c1-20(2)21-8-10-22(11-9-21)33-19-14-26-24(29)12-13-25(30)27-15-17-28(18-16-27)34(31,32)23-6-4-3-5-7-23/h3-11,20H,12-19H2,1-2H3,(H,26,29). The molecule has 8 nitrogen and oxygen atoms in total. The molecule has 184 valence electrons. The number of rotatable bonds is 10. The SMILES string of the molecule is CC(C)c1ccc(OCCNC(=O)CCC(=O)N2CCN(S(=O)(=O)c3ccccc3)CC2)cc1. The van der Waals surface area contributed by atoms with E-state index in [0.717, 1.165) is 5.75 Å². The van der Waals surface area contributed by atoms with Gasteiger partial charge in [0.25, 0.3) is 0 Å². The number of nitrogens with zero attached hydrogens (tertiary/aromatic N) is 2. The zero-order chi connectivity index (χ0) is 24.6. The van der Waals surface area contributed by atoms with Gasteiger partial charge in [-0.05, 0) is 35.7 Å². The zero-order valence-corrected chi connectivity index (χ0v) is 20.6. The molecule has 1 aliphatic rings. The molecule has 1 heterocycles. The number of nitrogens with one attached hydrogen (secondary N) is 1. The Morgan fingerprint density at radius 3 is 2.21 bits per heavy atom. The number of benzene rings is 2. The van der Waals surface area contributed by atoms with Gasteiger partial charge in [0.15, 0.2) is 0 Å². The molecule has 1 N–H and O–H groups in total. The fraction of sp³-hybridized carbons (Fsp3) is 0.440. The molecule has 2 amide bonds. The first-order valence-corrected chi connectivity index (χ1v) is 13.0. The third kappa shape index (κ3) is 7.04. The minimum atomic E-state index is -3.56. The minimum absolute atomic E-state index is 0.0877. The highest BCUT2D eigenvalue weighted by molar-refractivity contribution is 7.89. The van der Waals surface area contributed by atoms with Crippen molar-refractivity contribution in [2.24, 2.45) is 0 Å². The van der Waals surface area contributed by atoms with Crippen LogP contribution in [0.5, 0.6) is 5.75 Å². The van der Waals surface area contributed by atoms with Gasteiger partial charge in [-0.25, -0.2) is 8.42 Å². The molecule has 1 saturated heterocycles. The first-order chi connectivity index (χ1) is 16.3. The second-order valence-electron chi connectivity index (χ2n) is 8.52. The van der Waals surface area contributed by atoms with Gasteiger partial charge in [0.2, 0.25) is 21.8 Å². The highest BCUT2D eigenvalue weighted by atomic mass is 32.2. The molecule has 1 fully saturated rings. The third-order valence-corrected chi connectivity index (χ3v) is 7.69. The van der Waals surface area contributed by atoms with E-state index in [1.807, 2.05) is 24.3 Å². The molecule has 9 heteroatoms. The lowest BCUT2D eigenvalue weighted by atomic mass is 10.0. The number of ether oxygens (including phenoxy) is 1. The Morgan fingerprint density at radius 2 is 1.59 bits per heavy atom. The van der Waals surface area contributed by atoms with Gasteiger partial charge in [-0.3, -0.25) is 9.59 Å². The van der Waals surface area contributed by atoms with Crippen LogP contribution in [0.15, 0.2) is 59.5 Å². The Morgan fingerprint density at radius 1 is 0.941 bits per heavy atom. The fourth-order valence-electron chi connectivity index (χ4n) is 3.69. The number of hydrogen-bond acceptors (Lipinski definition) is 5. The summed E-state index contributed by atoms with van der Waals surface area (Å²) in [5.74, 6) is 0.857. The van der Waals surface area contributed by atoms with Crippen molar-refractivity contribution in [2.45, 2.75) is 37.5 Å². The Kier molecular flexibility index (Phi) is 9.06. The van der Waals surface area contributed by atoms with Crippen molar-refractivity contribution in [1.82, 2.24) is 14.5 Å². The van der Waals surface area contributed by atoms with Crippen molar-refractivity contribution in [3.8, 4) is 5.75 Å². The molecule has 3 rings (SSSR count). The Labute approximate surface area is 201 Å². The van der Waals surface area contributed by atoms with Crippen LogP contribution in [-0.2, 0) is 19.6 Å². The van der Waals surface area contributed by atoms with Gasteiger partial charge < -0.3 is 15.0 Å². The van der Waals surface area contributed by atoms with Gasteiger partial charge in [0, 0.05) is 39.0 Å². The van der Waals surface area contributed by atoms with Crippen molar-refractivity contribution in [1.29, 1.82) is 0 Å². The van der Waals surface area contributed by atoms with E-state index in [1.165, 1.54) is 9.87 Å². The number of amides is 2. The lowest BCUT2D eigenvalue weighted by Gasteiger charge is -2.34. The maximum absolute atomic E-state index is 12.7. The summed E-state index contributed by atoms with van der Waals surface area (Å²) < 4.78 is 32.4. The molecular weight excluding hydrogens is 454 g/mol. The van der Waals surface area contributed by atoms with E-state index in [1.54, 1.807) is 35.2 Å². The Hall–Kier alpha value is -2.91. The summed E-state index contributed by atoms with van der Waals surface area (Å²) in [6, 6.07) is 16.2. The molecule has 0 saturated carbocycles. The minimum Gasteiger partial charge on any atom is -0.492 e. The molecule has 0 radical (unpaired) electrons. The molecule has 34 heavy (non-hydrogen) atoms. The summed E-state index contributed by atoms with van der Waals surface area (Å²) in [6.45, 7) is 6.08. The Balaban J connectivity index is 1.33. The van der Waals surface area contributed by atoms with Gasteiger partial charge in [-0.15, -0.1) is 0 Å². The van der Waals surface area contributed by atoms with E-state index in [9.17, 15) is 18.0 Å². The molecular formula is C25H33N3O5S. The number of sulfonamides is 1. The van der Waals surface area contributed by atoms with Crippen LogP contribution in [0.2, 0.25) is 0 Å². The van der Waals surface area contributed by atoms with Crippen LogP contribution in [0, 0.1) is 0 Å². The highest BCUT2D eigenvalue weighted by Gasteiger charge is 2.29. The van der Waals surface area contributed by atoms with Crippen molar-refractivity contribution >= 4 is 21.8 Å². The number of hydrogen-bond donors (Lipinski definition) is 1. The molecule has 0 bridgehead atoms. The molecule has 0 unspecified atom stereocenters. The average Bonchev–Trinajstić information content (AvgIpc) is 2.86. The molecule has 0 atom stereocenters.